The summed E-state index contributed by atoms with van der Waals surface area (Å²) in [5.41, 5.74) is -3.39. The highest BCUT2D eigenvalue weighted by atomic mass is 19.4. The third-order valence-electron chi connectivity index (χ3n) is 2.81. The van der Waals surface area contributed by atoms with Gasteiger partial charge in [-0.3, -0.25) is 4.79 Å². The molecule has 24 heavy (non-hydrogen) atoms. The number of rotatable bonds is 4. The standard InChI is InChI=1S/C13H8F6N2O3/c14-12(15,16)6-2-1-3-7(4-6)24-11-8(5-9(22)23)10(20-21-11)13(17,18)19/h1-4H,5H2,(H,20,21)(H,22,23). The van der Waals surface area contributed by atoms with Gasteiger partial charge in [0.2, 0.25) is 5.88 Å². The van der Waals surface area contributed by atoms with Crippen molar-refractivity contribution < 1.29 is 41.0 Å². The Bertz CT molecular complexity index is 751. The van der Waals surface area contributed by atoms with E-state index < -0.39 is 53.2 Å². The zero-order valence-corrected chi connectivity index (χ0v) is 11.5. The molecule has 0 fully saturated rings. The van der Waals surface area contributed by atoms with Crippen molar-refractivity contribution in [2.45, 2.75) is 18.8 Å². The van der Waals surface area contributed by atoms with Crippen molar-refractivity contribution >= 4 is 5.97 Å². The number of halogens is 6. The van der Waals surface area contributed by atoms with Crippen LogP contribution in [-0.2, 0) is 23.6 Å². The first-order valence-corrected chi connectivity index (χ1v) is 6.20. The number of alkyl halides is 6. The van der Waals surface area contributed by atoms with Gasteiger partial charge in [-0.15, -0.1) is 0 Å². The number of hydrogen-bond donors (Lipinski definition) is 2. The number of aromatic nitrogens is 2. The second kappa shape index (κ2) is 6.06. The molecule has 1 aromatic carbocycles. The van der Waals surface area contributed by atoms with Gasteiger partial charge in [-0.1, -0.05) is 6.07 Å². The van der Waals surface area contributed by atoms with Crippen LogP contribution in [0.5, 0.6) is 11.6 Å². The van der Waals surface area contributed by atoms with Crippen molar-refractivity contribution in [3.05, 3.63) is 41.1 Å². The molecule has 5 nitrogen and oxygen atoms in total. The van der Waals surface area contributed by atoms with Crippen LogP contribution >= 0.6 is 0 Å². The van der Waals surface area contributed by atoms with Gasteiger partial charge in [0.15, 0.2) is 5.69 Å². The zero-order chi connectivity index (χ0) is 18.1. The Balaban J connectivity index is 2.40. The smallest absolute Gasteiger partial charge is 0.435 e. The summed E-state index contributed by atoms with van der Waals surface area (Å²) < 4.78 is 81.2. The Morgan fingerprint density at radius 3 is 2.38 bits per heavy atom. The van der Waals surface area contributed by atoms with Crippen molar-refractivity contribution in [2.75, 3.05) is 0 Å². The minimum atomic E-state index is -4.95. The van der Waals surface area contributed by atoms with Crippen molar-refractivity contribution in [1.82, 2.24) is 10.2 Å². The van der Waals surface area contributed by atoms with Crippen LogP contribution in [0.3, 0.4) is 0 Å². The van der Waals surface area contributed by atoms with E-state index in [2.05, 4.69) is 5.10 Å². The Morgan fingerprint density at radius 2 is 1.83 bits per heavy atom. The molecule has 0 aliphatic rings. The largest absolute Gasteiger partial charge is 0.481 e. The number of hydrogen-bond acceptors (Lipinski definition) is 3. The number of aliphatic carboxylic acids is 1. The van der Waals surface area contributed by atoms with E-state index in [1.54, 1.807) is 0 Å². The molecule has 2 N–H and O–H groups in total. The summed E-state index contributed by atoms with van der Waals surface area (Å²) >= 11 is 0. The van der Waals surface area contributed by atoms with Crippen LogP contribution in [0.2, 0.25) is 0 Å². The molecule has 0 aliphatic heterocycles. The Labute approximate surface area is 129 Å². The lowest BCUT2D eigenvalue weighted by molar-refractivity contribution is -0.142. The summed E-state index contributed by atoms with van der Waals surface area (Å²) in [4.78, 5) is 10.7. The fraction of sp³-hybridized carbons (Fsp3) is 0.231. The van der Waals surface area contributed by atoms with Crippen LogP contribution in [0.1, 0.15) is 16.8 Å². The first-order chi connectivity index (χ1) is 11.0. The van der Waals surface area contributed by atoms with Crippen LogP contribution < -0.4 is 4.74 Å². The van der Waals surface area contributed by atoms with Crippen LogP contribution in [0.25, 0.3) is 0 Å². The lowest BCUT2D eigenvalue weighted by Gasteiger charge is -2.10. The Morgan fingerprint density at radius 1 is 1.17 bits per heavy atom. The molecule has 1 heterocycles. The maximum Gasteiger partial charge on any atom is 0.435 e. The molecule has 1 aromatic heterocycles. The molecular weight excluding hydrogens is 346 g/mol. The quantitative estimate of drug-likeness (QED) is 0.818. The van der Waals surface area contributed by atoms with Crippen LogP contribution in [0.4, 0.5) is 26.3 Å². The summed E-state index contributed by atoms with van der Waals surface area (Å²) in [6, 6.07) is 3.39. The normalized spacial score (nSPS) is 12.2. The lowest BCUT2D eigenvalue weighted by atomic mass is 10.1. The van der Waals surface area contributed by atoms with E-state index in [1.165, 1.54) is 0 Å². The highest BCUT2D eigenvalue weighted by Gasteiger charge is 2.39. The average molecular weight is 354 g/mol. The molecule has 0 saturated heterocycles. The summed E-state index contributed by atoms with van der Waals surface area (Å²) in [6.45, 7) is 0. The predicted molar refractivity (Wildman–Crippen MR) is 66.4 cm³/mol. The molecule has 2 rings (SSSR count). The zero-order valence-electron chi connectivity index (χ0n) is 11.5. The number of aromatic amines is 1. The second-order valence-corrected chi connectivity index (χ2v) is 4.58. The molecule has 11 heteroatoms. The summed E-state index contributed by atoms with van der Waals surface area (Å²) in [6.07, 6.45) is -10.7. The SMILES string of the molecule is O=C(O)Cc1c(C(F)(F)F)n[nH]c1Oc1cccc(C(F)(F)F)c1. The number of ether oxygens (including phenoxy) is 1. The van der Waals surface area contributed by atoms with Gasteiger partial charge in [0.1, 0.15) is 5.75 Å². The number of nitrogens with zero attached hydrogens (tertiary/aromatic N) is 1. The van der Waals surface area contributed by atoms with Crippen LogP contribution in [0, 0.1) is 0 Å². The molecular formula is C13H8F6N2O3. The van der Waals surface area contributed by atoms with E-state index in [9.17, 15) is 31.1 Å². The van der Waals surface area contributed by atoms with Crippen molar-refractivity contribution in [3.63, 3.8) is 0 Å². The summed E-state index contributed by atoms with van der Waals surface area (Å²) in [5, 5.41) is 13.5. The summed E-state index contributed by atoms with van der Waals surface area (Å²) in [7, 11) is 0. The molecule has 0 aliphatic carbocycles. The van der Waals surface area contributed by atoms with Crippen LogP contribution in [-0.4, -0.2) is 21.3 Å². The maximum atomic E-state index is 12.8. The third kappa shape index (κ3) is 3.97. The van der Waals surface area contributed by atoms with Gasteiger partial charge in [-0.25, -0.2) is 5.10 Å². The summed E-state index contributed by atoms with van der Waals surface area (Å²) in [5.74, 6) is -2.70. The topological polar surface area (TPSA) is 75.2 Å². The minimum Gasteiger partial charge on any atom is -0.481 e. The molecule has 130 valence electrons. The fourth-order valence-corrected chi connectivity index (χ4v) is 1.84. The Hall–Kier alpha value is -2.72. The molecule has 0 bridgehead atoms. The van der Waals surface area contributed by atoms with Crippen molar-refractivity contribution in [3.8, 4) is 11.6 Å². The number of nitrogens with one attached hydrogen (secondary N) is 1. The lowest BCUT2D eigenvalue weighted by Crippen LogP contribution is -2.12. The highest BCUT2D eigenvalue weighted by Crippen LogP contribution is 2.37. The van der Waals surface area contributed by atoms with Gasteiger partial charge in [-0.05, 0) is 18.2 Å². The third-order valence-corrected chi connectivity index (χ3v) is 2.81. The van der Waals surface area contributed by atoms with Gasteiger partial charge in [-0.2, -0.15) is 31.4 Å². The maximum absolute atomic E-state index is 12.8. The highest BCUT2D eigenvalue weighted by molar-refractivity contribution is 5.71. The van der Waals surface area contributed by atoms with E-state index >= 15 is 0 Å². The van der Waals surface area contributed by atoms with Gasteiger partial charge < -0.3 is 9.84 Å². The second-order valence-electron chi connectivity index (χ2n) is 4.58. The van der Waals surface area contributed by atoms with Gasteiger partial charge in [0, 0.05) is 0 Å². The molecule has 0 amide bonds. The fourth-order valence-electron chi connectivity index (χ4n) is 1.84. The number of carboxylic acid groups (broad SMARTS) is 1. The van der Waals surface area contributed by atoms with E-state index in [1.807, 2.05) is 5.10 Å². The number of carbonyl (C=O) groups is 1. The Kier molecular flexibility index (Phi) is 4.45. The van der Waals surface area contributed by atoms with Gasteiger partial charge in [0.05, 0.1) is 17.5 Å². The molecule has 0 saturated carbocycles. The molecule has 2 aromatic rings. The van der Waals surface area contributed by atoms with Gasteiger partial charge in [0.25, 0.3) is 0 Å². The number of carboxylic acids is 1. The first-order valence-electron chi connectivity index (χ1n) is 6.20. The van der Waals surface area contributed by atoms with E-state index in [4.69, 9.17) is 9.84 Å². The molecule has 0 radical (unpaired) electrons. The monoisotopic (exact) mass is 354 g/mol. The molecule has 0 unspecified atom stereocenters. The van der Waals surface area contributed by atoms with Gasteiger partial charge >= 0.3 is 18.3 Å². The van der Waals surface area contributed by atoms with Crippen molar-refractivity contribution in [1.29, 1.82) is 0 Å². The minimum absolute atomic E-state index is 0.422. The van der Waals surface area contributed by atoms with E-state index in [0.29, 0.717) is 6.07 Å². The number of H-pyrrole nitrogens is 1. The average Bonchev–Trinajstić information content (AvgIpc) is 2.80. The van der Waals surface area contributed by atoms with E-state index in [0.717, 1.165) is 18.2 Å². The van der Waals surface area contributed by atoms with Crippen molar-refractivity contribution in [2.24, 2.45) is 0 Å². The van der Waals surface area contributed by atoms with E-state index in [-0.39, 0.29) is 0 Å². The molecule has 0 atom stereocenters. The predicted octanol–water partition coefficient (Wildman–Crippen LogP) is 3.87. The first kappa shape index (κ1) is 17.6. The number of benzene rings is 1. The molecule has 0 spiro atoms. The van der Waals surface area contributed by atoms with Crippen LogP contribution in [0.15, 0.2) is 24.3 Å².